The number of hydrogen-bond acceptors (Lipinski definition) is 6. The second-order valence-electron chi connectivity index (χ2n) is 7.00. The SMILES string of the molecule is COc1cc([C@@H]2CC(=O)Nc3ncnn32)ccc1OCC(=O)Nc1ccc(Br)cc1C. The van der Waals surface area contributed by atoms with Crippen LogP contribution in [0.25, 0.3) is 0 Å². The predicted octanol–water partition coefficient (Wildman–Crippen LogP) is 3.31. The van der Waals surface area contributed by atoms with Gasteiger partial charge in [0.2, 0.25) is 11.9 Å². The lowest BCUT2D eigenvalue weighted by molar-refractivity contribution is -0.118. The summed E-state index contributed by atoms with van der Waals surface area (Å²) in [6.45, 7) is 1.74. The van der Waals surface area contributed by atoms with Crippen LogP contribution < -0.4 is 20.1 Å². The molecule has 4 rings (SSSR count). The first kappa shape index (κ1) is 20.9. The summed E-state index contributed by atoms with van der Waals surface area (Å²) in [6, 6.07) is 10.6. The summed E-state index contributed by atoms with van der Waals surface area (Å²) in [4.78, 5) is 28.4. The van der Waals surface area contributed by atoms with Crippen LogP contribution in [-0.4, -0.2) is 40.3 Å². The van der Waals surface area contributed by atoms with E-state index in [0.29, 0.717) is 17.4 Å². The molecule has 0 saturated carbocycles. The number of fused-ring (bicyclic) bond motifs is 1. The van der Waals surface area contributed by atoms with Gasteiger partial charge in [0.25, 0.3) is 5.91 Å². The number of nitrogens with one attached hydrogen (secondary N) is 2. The fraction of sp³-hybridized carbons (Fsp3) is 0.238. The number of methoxy groups -OCH3 is 1. The number of ether oxygens (including phenoxy) is 2. The third kappa shape index (κ3) is 4.53. The van der Waals surface area contributed by atoms with Crippen LogP contribution in [-0.2, 0) is 9.59 Å². The van der Waals surface area contributed by atoms with E-state index in [2.05, 4.69) is 36.6 Å². The Labute approximate surface area is 186 Å². The number of anilines is 2. The van der Waals surface area contributed by atoms with Crippen molar-refractivity contribution in [2.24, 2.45) is 0 Å². The molecule has 10 heteroatoms. The highest BCUT2D eigenvalue weighted by atomic mass is 79.9. The first-order valence-electron chi connectivity index (χ1n) is 9.50. The molecule has 2 heterocycles. The van der Waals surface area contributed by atoms with Gasteiger partial charge in [0.15, 0.2) is 18.1 Å². The van der Waals surface area contributed by atoms with Crippen LogP contribution in [0.5, 0.6) is 11.5 Å². The lowest BCUT2D eigenvalue weighted by Gasteiger charge is -2.24. The molecule has 9 nitrogen and oxygen atoms in total. The largest absolute Gasteiger partial charge is 0.493 e. The van der Waals surface area contributed by atoms with Crippen LogP contribution in [0, 0.1) is 6.92 Å². The predicted molar refractivity (Wildman–Crippen MR) is 117 cm³/mol. The Kier molecular flexibility index (Phi) is 5.90. The van der Waals surface area contributed by atoms with Crippen molar-refractivity contribution >= 4 is 39.4 Å². The summed E-state index contributed by atoms with van der Waals surface area (Å²) in [5.41, 5.74) is 2.48. The Balaban J connectivity index is 1.47. The highest BCUT2D eigenvalue weighted by Crippen LogP contribution is 2.35. The van der Waals surface area contributed by atoms with Gasteiger partial charge in [0.1, 0.15) is 6.33 Å². The van der Waals surface area contributed by atoms with Gasteiger partial charge in [-0.2, -0.15) is 10.1 Å². The Morgan fingerprint density at radius 3 is 2.90 bits per heavy atom. The van der Waals surface area contributed by atoms with Gasteiger partial charge >= 0.3 is 0 Å². The van der Waals surface area contributed by atoms with Crippen LogP contribution in [0.15, 0.2) is 47.2 Å². The van der Waals surface area contributed by atoms with Crippen molar-refractivity contribution in [3.63, 3.8) is 0 Å². The second kappa shape index (κ2) is 8.76. The lowest BCUT2D eigenvalue weighted by Crippen LogP contribution is -2.29. The Morgan fingerprint density at radius 1 is 1.29 bits per heavy atom. The van der Waals surface area contributed by atoms with E-state index in [1.807, 2.05) is 31.2 Å². The first-order chi connectivity index (χ1) is 14.9. The third-order valence-corrected chi connectivity index (χ3v) is 5.39. The summed E-state index contributed by atoms with van der Waals surface area (Å²) in [5.74, 6) is 0.865. The van der Waals surface area contributed by atoms with Crippen molar-refractivity contribution in [2.45, 2.75) is 19.4 Å². The smallest absolute Gasteiger partial charge is 0.262 e. The van der Waals surface area contributed by atoms with E-state index in [1.165, 1.54) is 13.4 Å². The molecule has 1 aliphatic heterocycles. The first-order valence-corrected chi connectivity index (χ1v) is 10.3. The summed E-state index contributed by atoms with van der Waals surface area (Å²) in [6.07, 6.45) is 1.63. The minimum atomic E-state index is -0.308. The van der Waals surface area contributed by atoms with E-state index in [0.717, 1.165) is 21.3 Å². The number of carbonyl (C=O) groups excluding carboxylic acids is 2. The minimum Gasteiger partial charge on any atom is -0.493 e. The molecule has 0 radical (unpaired) electrons. The minimum absolute atomic E-state index is 0.135. The zero-order valence-corrected chi connectivity index (χ0v) is 18.5. The van der Waals surface area contributed by atoms with E-state index < -0.39 is 0 Å². The van der Waals surface area contributed by atoms with Crippen molar-refractivity contribution < 1.29 is 19.1 Å². The maximum absolute atomic E-state index is 12.3. The van der Waals surface area contributed by atoms with Crippen LogP contribution in [0.4, 0.5) is 11.6 Å². The fourth-order valence-electron chi connectivity index (χ4n) is 3.37. The molecule has 1 atom stereocenters. The molecule has 0 spiro atoms. The van der Waals surface area contributed by atoms with Crippen molar-refractivity contribution in [2.75, 3.05) is 24.4 Å². The zero-order chi connectivity index (χ0) is 22.0. The Morgan fingerprint density at radius 2 is 2.13 bits per heavy atom. The van der Waals surface area contributed by atoms with E-state index in [1.54, 1.807) is 16.8 Å². The Bertz CT molecular complexity index is 1150. The molecular weight excluding hydrogens is 466 g/mol. The van der Waals surface area contributed by atoms with E-state index in [4.69, 9.17) is 9.47 Å². The van der Waals surface area contributed by atoms with Gasteiger partial charge in [-0.15, -0.1) is 0 Å². The van der Waals surface area contributed by atoms with E-state index in [-0.39, 0.29) is 30.9 Å². The number of amides is 2. The summed E-state index contributed by atoms with van der Waals surface area (Å²) >= 11 is 3.40. The monoisotopic (exact) mass is 485 g/mol. The van der Waals surface area contributed by atoms with Crippen LogP contribution in [0.3, 0.4) is 0 Å². The normalized spacial score (nSPS) is 15.1. The van der Waals surface area contributed by atoms with E-state index >= 15 is 0 Å². The quantitative estimate of drug-likeness (QED) is 0.554. The zero-order valence-electron chi connectivity index (χ0n) is 16.9. The number of halogens is 1. The van der Waals surface area contributed by atoms with Gasteiger partial charge in [0, 0.05) is 10.2 Å². The summed E-state index contributed by atoms with van der Waals surface area (Å²) < 4.78 is 13.7. The van der Waals surface area contributed by atoms with E-state index in [9.17, 15) is 9.59 Å². The average molecular weight is 486 g/mol. The number of carbonyl (C=O) groups is 2. The topological polar surface area (TPSA) is 107 Å². The van der Waals surface area contributed by atoms with Gasteiger partial charge in [0.05, 0.1) is 19.6 Å². The molecule has 0 bridgehead atoms. The maximum Gasteiger partial charge on any atom is 0.262 e. The molecule has 31 heavy (non-hydrogen) atoms. The molecule has 0 unspecified atom stereocenters. The fourth-order valence-corrected chi connectivity index (χ4v) is 3.85. The van der Waals surface area contributed by atoms with Crippen molar-refractivity contribution in [3.05, 3.63) is 58.3 Å². The molecule has 2 amide bonds. The number of hydrogen-bond donors (Lipinski definition) is 2. The lowest BCUT2D eigenvalue weighted by atomic mass is 10.0. The van der Waals surface area contributed by atoms with Crippen molar-refractivity contribution in [1.82, 2.24) is 14.8 Å². The van der Waals surface area contributed by atoms with Gasteiger partial charge in [-0.25, -0.2) is 4.68 Å². The molecule has 160 valence electrons. The number of aryl methyl sites for hydroxylation is 1. The molecule has 1 aromatic heterocycles. The summed E-state index contributed by atoms with van der Waals surface area (Å²) in [7, 11) is 1.52. The van der Waals surface area contributed by atoms with Crippen molar-refractivity contribution in [3.8, 4) is 11.5 Å². The number of benzene rings is 2. The molecule has 3 aromatic rings. The number of aromatic nitrogens is 3. The van der Waals surface area contributed by atoms with Crippen LogP contribution >= 0.6 is 15.9 Å². The molecule has 0 saturated heterocycles. The van der Waals surface area contributed by atoms with Gasteiger partial charge < -0.3 is 14.8 Å². The highest BCUT2D eigenvalue weighted by Gasteiger charge is 2.28. The van der Waals surface area contributed by atoms with Gasteiger partial charge in [-0.1, -0.05) is 22.0 Å². The van der Waals surface area contributed by atoms with Gasteiger partial charge in [-0.05, 0) is 48.4 Å². The standard InChI is InChI=1S/C21H20BrN5O4/c1-12-7-14(22)4-5-15(12)25-20(29)10-31-17-6-3-13(8-18(17)30-2)16-9-19(28)26-21-23-11-24-27(16)21/h3-8,11,16H,9-10H2,1-2H3,(H,25,29)(H,23,24,26,28)/t16-/m0/s1. The maximum atomic E-state index is 12.3. The number of nitrogens with zero attached hydrogens (tertiary/aromatic N) is 3. The second-order valence-corrected chi connectivity index (χ2v) is 7.92. The summed E-state index contributed by atoms with van der Waals surface area (Å²) in [5, 5.41) is 9.72. The third-order valence-electron chi connectivity index (χ3n) is 4.89. The van der Waals surface area contributed by atoms with Crippen molar-refractivity contribution in [1.29, 1.82) is 0 Å². The Hall–Kier alpha value is -3.40. The molecule has 0 fully saturated rings. The molecule has 2 N–H and O–H groups in total. The van der Waals surface area contributed by atoms with Gasteiger partial charge in [-0.3, -0.25) is 14.9 Å². The van der Waals surface area contributed by atoms with Crippen LogP contribution in [0.1, 0.15) is 23.6 Å². The molecule has 0 aliphatic carbocycles. The molecular formula is C21H20BrN5O4. The molecule has 2 aromatic carbocycles. The van der Waals surface area contributed by atoms with Crippen LogP contribution in [0.2, 0.25) is 0 Å². The highest BCUT2D eigenvalue weighted by molar-refractivity contribution is 9.10. The molecule has 1 aliphatic rings. The number of rotatable bonds is 6. The average Bonchev–Trinajstić information content (AvgIpc) is 3.22.